The zero-order valence-corrected chi connectivity index (χ0v) is 11.3. The van der Waals surface area contributed by atoms with Crippen molar-refractivity contribution in [1.29, 1.82) is 0 Å². The Hall–Kier alpha value is -2.63. The monoisotopic (exact) mass is 271 g/mol. The number of nitrogens with zero attached hydrogens (tertiary/aromatic N) is 4. The molecule has 0 aliphatic heterocycles. The molecule has 0 bridgehead atoms. The Bertz CT molecular complexity index is 585. The third kappa shape index (κ3) is 3.44. The first-order valence-corrected chi connectivity index (χ1v) is 6.28. The van der Waals surface area contributed by atoms with Crippen molar-refractivity contribution in [3.63, 3.8) is 0 Å². The summed E-state index contributed by atoms with van der Waals surface area (Å²) in [5.74, 6) is 0.978. The summed E-state index contributed by atoms with van der Waals surface area (Å²) in [5, 5.41) is 11.7. The van der Waals surface area contributed by atoms with E-state index in [1.165, 1.54) is 6.33 Å². The molecule has 1 aromatic heterocycles. The van der Waals surface area contributed by atoms with Crippen LogP contribution >= 0.6 is 0 Å². The molecule has 0 atom stereocenters. The molecular weight excluding hydrogens is 254 g/mol. The molecule has 0 aliphatic rings. The molecule has 0 saturated heterocycles. The first kappa shape index (κ1) is 13.8. The van der Waals surface area contributed by atoms with Crippen molar-refractivity contribution in [1.82, 2.24) is 9.97 Å². The molecule has 2 rings (SSSR count). The van der Waals surface area contributed by atoms with Gasteiger partial charge < -0.3 is 15.8 Å². The van der Waals surface area contributed by atoms with Crippen molar-refractivity contribution in [2.75, 3.05) is 11.4 Å². The number of rotatable bonds is 5. The second kappa shape index (κ2) is 6.51. The molecule has 0 unspecified atom stereocenters. The van der Waals surface area contributed by atoms with Crippen molar-refractivity contribution in [2.45, 2.75) is 13.3 Å². The van der Waals surface area contributed by atoms with Gasteiger partial charge in [0.2, 0.25) is 0 Å². The van der Waals surface area contributed by atoms with Crippen molar-refractivity contribution in [3.05, 3.63) is 48.4 Å². The number of aryl methyl sites for hydroxylation is 1. The van der Waals surface area contributed by atoms with Gasteiger partial charge in [-0.2, -0.15) is 0 Å². The zero-order chi connectivity index (χ0) is 14.4. The average molecular weight is 271 g/mol. The lowest BCUT2D eigenvalue weighted by molar-refractivity contribution is 0.317. The first-order valence-electron chi connectivity index (χ1n) is 6.28. The van der Waals surface area contributed by atoms with Gasteiger partial charge in [0.25, 0.3) is 0 Å². The number of oxime groups is 1. The van der Waals surface area contributed by atoms with Gasteiger partial charge in [0.1, 0.15) is 18.0 Å². The van der Waals surface area contributed by atoms with Gasteiger partial charge in [-0.1, -0.05) is 23.4 Å². The molecule has 1 aromatic carbocycles. The highest BCUT2D eigenvalue weighted by molar-refractivity contribution is 5.80. The van der Waals surface area contributed by atoms with E-state index in [-0.39, 0.29) is 5.84 Å². The van der Waals surface area contributed by atoms with Crippen LogP contribution in [0.2, 0.25) is 0 Å². The van der Waals surface area contributed by atoms with Crippen LogP contribution in [-0.4, -0.2) is 27.6 Å². The van der Waals surface area contributed by atoms with Gasteiger partial charge in [0, 0.05) is 30.4 Å². The highest BCUT2D eigenvalue weighted by Crippen LogP contribution is 2.23. The average Bonchev–Trinajstić information content (AvgIpc) is 2.48. The summed E-state index contributed by atoms with van der Waals surface area (Å²) >= 11 is 0. The molecular formula is C14H17N5O. The van der Waals surface area contributed by atoms with Crippen LogP contribution in [0.4, 0.5) is 11.5 Å². The SMILES string of the molecule is Cc1cc(N(CC/C(N)=N/O)c2ccccc2)ncn1. The molecule has 6 heteroatoms. The van der Waals surface area contributed by atoms with Crippen molar-refractivity contribution in [3.8, 4) is 0 Å². The minimum Gasteiger partial charge on any atom is -0.409 e. The minimum absolute atomic E-state index is 0.191. The van der Waals surface area contributed by atoms with E-state index < -0.39 is 0 Å². The molecule has 3 N–H and O–H groups in total. The van der Waals surface area contributed by atoms with E-state index >= 15 is 0 Å². The second-order valence-corrected chi connectivity index (χ2v) is 4.35. The Labute approximate surface area is 117 Å². The molecule has 0 saturated carbocycles. The van der Waals surface area contributed by atoms with Crippen LogP contribution in [0, 0.1) is 6.92 Å². The first-order chi connectivity index (χ1) is 9.70. The third-order valence-corrected chi connectivity index (χ3v) is 2.85. The van der Waals surface area contributed by atoms with E-state index in [9.17, 15) is 0 Å². The van der Waals surface area contributed by atoms with E-state index in [2.05, 4.69) is 15.1 Å². The number of nitrogens with two attached hydrogens (primary N) is 1. The summed E-state index contributed by atoms with van der Waals surface area (Å²) in [6.07, 6.45) is 1.97. The maximum Gasteiger partial charge on any atom is 0.140 e. The van der Waals surface area contributed by atoms with Crippen LogP contribution in [0.25, 0.3) is 0 Å². The molecule has 0 radical (unpaired) electrons. The summed E-state index contributed by atoms with van der Waals surface area (Å²) in [7, 11) is 0. The maximum absolute atomic E-state index is 8.65. The highest BCUT2D eigenvalue weighted by atomic mass is 16.4. The molecule has 0 spiro atoms. The number of hydrogen-bond donors (Lipinski definition) is 2. The van der Waals surface area contributed by atoms with Gasteiger partial charge in [-0.05, 0) is 19.1 Å². The van der Waals surface area contributed by atoms with Gasteiger partial charge in [0.15, 0.2) is 0 Å². The Balaban J connectivity index is 2.29. The fourth-order valence-electron chi connectivity index (χ4n) is 1.85. The fraction of sp³-hybridized carbons (Fsp3) is 0.214. The van der Waals surface area contributed by atoms with Crippen LogP contribution < -0.4 is 10.6 Å². The minimum atomic E-state index is 0.191. The van der Waals surface area contributed by atoms with Gasteiger partial charge in [-0.15, -0.1) is 0 Å². The summed E-state index contributed by atoms with van der Waals surface area (Å²) in [6, 6.07) is 11.8. The number of hydrogen-bond acceptors (Lipinski definition) is 5. The Kier molecular flexibility index (Phi) is 4.49. The molecule has 0 aliphatic carbocycles. The summed E-state index contributed by atoms with van der Waals surface area (Å²) in [4.78, 5) is 10.4. The number of aromatic nitrogens is 2. The van der Waals surface area contributed by atoms with Crippen LogP contribution in [0.5, 0.6) is 0 Å². The molecule has 1 heterocycles. The number of para-hydroxylation sites is 1. The summed E-state index contributed by atoms with van der Waals surface area (Å²) in [6.45, 7) is 2.48. The lowest BCUT2D eigenvalue weighted by Crippen LogP contribution is -2.25. The molecule has 0 fully saturated rings. The number of amidine groups is 1. The smallest absolute Gasteiger partial charge is 0.140 e. The Morgan fingerprint density at radius 1 is 1.30 bits per heavy atom. The fourth-order valence-corrected chi connectivity index (χ4v) is 1.85. The highest BCUT2D eigenvalue weighted by Gasteiger charge is 2.11. The predicted octanol–water partition coefficient (Wildman–Crippen LogP) is 2.06. The molecule has 20 heavy (non-hydrogen) atoms. The van der Waals surface area contributed by atoms with Crippen molar-refractivity contribution >= 4 is 17.3 Å². The molecule has 104 valence electrons. The Morgan fingerprint density at radius 2 is 2.05 bits per heavy atom. The standard InChI is InChI=1S/C14H17N5O/c1-11-9-14(17-10-16-11)19(8-7-13(15)18-20)12-5-3-2-4-6-12/h2-6,9-10,20H,7-8H2,1H3,(H2,15,18). The van der Waals surface area contributed by atoms with E-state index in [0.29, 0.717) is 13.0 Å². The van der Waals surface area contributed by atoms with E-state index in [1.54, 1.807) is 0 Å². The lowest BCUT2D eigenvalue weighted by Gasteiger charge is -2.23. The van der Waals surface area contributed by atoms with E-state index in [1.807, 2.05) is 48.2 Å². The molecule has 0 amide bonds. The number of benzene rings is 1. The van der Waals surface area contributed by atoms with Crippen LogP contribution in [0.3, 0.4) is 0 Å². The van der Waals surface area contributed by atoms with Crippen molar-refractivity contribution in [2.24, 2.45) is 10.9 Å². The van der Waals surface area contributed by atoms with E-state index in [0.717, 1.165) is 17.2 Å². The molecule has 2 aromatic rings. The topological polar surface area (TPSA) is 87.6 Å². The van der Waals surface area contributed by atoms with Crippen LogP contribution in [0.1, 0.15) is 12.1 Å². The number of anilines is 2. The predicted molar refractivity (Wildman–Crippen MR) is 78.2 cm³/mol. The van der Waals surface area contributed by atoms with Gasteiger partial charge in [-0.3, -0.25) is 0 Å². The normalized spacial score (nSPS) is 11.3. The van der Waals surface area contributed by atoms with Gasteiger partial charge >= 0.3 is 0 Å². The summed E-state index contributed by atoms with van der Waals surface area (Å²) < 4.78 is 0. The second-order valence-electron chi connectivity index (χ2n) is 4.35. The zero-order valence-electron chi connectivity index (χ0n) is 11.3. The molecule has 6 nitrogen and oxygen atoms in total. The van der Waals surface area contributed by atoms with Gasteiger partial charge in [0.05, 0.1) is 0 Å². The van der Waals surface area contributed by atoms with Crippen molar-refractivity contribution < 1.29 is 5.21 Å². The Morgan fingerprint density at radius 3 is 2.70 bits per heavy atom. The summed E-state index contributed by atoms with van der Waals surface area (Å²) in [5.41, 5.74) is 7.43. The third-order valence-electron chi connectivity index (χ3n) is 2.85. The van der Waals surface area contributed by atoms with Gasteiger partial charge in [-0.25, -0.2) is 9.97 Å². The van der Waals surface area contributed by atoms with Crippen LogP contribution in [0.15, 0.2) is 47.9 Å². The quantitative estimate of drug-likeness (QED) is 0.376. The van der Waals surface area contributed by atoms with Crippen LogP contribution in [-0.2, 0) is 0 Å². The lowest BCUT2D eigenvalue weighted by atomic mass is 10.2. The van der Waals surface area contributed by atoms with E-state index in [4.69, 9.17) is 10.9 Å². The maximum atomic E-state index is 8.65. The largest absolute Gasteiger partial charge is 0.409 e.